The highest BCUT2D eigenvalue weighted by atomic mass is 16.5. The summed E-state index contributed by atoms with van der Waals surface area (Å²) in [6, 6.07) is 0.271. The van der Waals surface area contributed by atoms with Crippen LogP contribution in [-0.2, 0) is 9.53 Å². The number of piperidine rings is 1. The van der Waals surface area contributed by atoms with Crippen molar-refractivity contribution >= 4 is 5.91 Å². The Morgan fingerprint density at radius 3 is 2.56 bits per heavy atom. The van der Waals surface area contributed by atoms with Crippen molar-refractivity contribution in [2.24, 2.45) is 11.3 Å². The van der Waals surface area contributed by atoms with Crippen LogP contribution in [0.25, 0.3) is 0 Å². The Bertz CT molecular complexity index is 282. The van der Waals surface area contributed by atoms with Gasteiger partial charge in [-0.1, -0.05) is 6.92 Å². The van der Waals surface area contributed by atoms with E-state index in [1.54, 1.807) is 0 Å². The average molecular weight is 254 g/mol. The third-order valence-corrected chi connectivity index (χ3v) is 4.59. The van der Waals surface area contributed by atoms with Gasteiger partial charge >= 0.3 is 0 Å². The largest absolute Gasteiger partial charge is 0.381 e. The van der Waals surface area contributed by atoms with Crippen molar-refractivity contribution in [1.82, 2.24) is 10.6 Å². The first-order valence-electron chi connectivity index (χ1n) is 7.21. The lowest BCUT2D eigenvalue weighted by Gasteiger charge is -2.35. The van der Waals surface area contributed by atoms with Gasteiger partial charge in [-0.15, -0.1) is 0 Å². The van der Waals surface area contributed by atoms with Crippen LogP contribution in [0, 0.1) is 11.3 Å². The lowest BCUT2D eigenvalue weighted by molar-refractivity contribution is -0.132. The second-order valence-corrected chi connectivity index (χ2v) is 6.02. The number of hydrogen-bond acceptors (Lipinski definition) is 3. The molecule has 0 bridgehead atoms. The topological polar surface area (TPSA) is 50.4 Å². The molecular formula is C14H26N2O2. The number of rotatable bonds is 3. The van der Waals surface area contributed by atoms with Crippen LogP contribution < -0.4 is 10.6 Å². The molecule has 0 saturated carbocycles. The third-order valence-electron chi connectivity index (χ3n) is 4.59. The second kappa shape index (κ2) is 6.02. The molecular weight excluding hydrogens is 228 g/mol. The van der Waals surface area contributed by atoms with Gasteiger partial charge < -0.3 is 15.4 Å². The van der Waals surface area contributed by atoms with E-state index >= 15 is 0 Å². The molecule has 1 unspecified atom stereocenters. The van der Waals surface area contributed by atoms with Gasteiger partial charge in [0.25, 0.3) is 0 Å². The zero-order valence-corrected chi connectivity index (χ0v) is 11.6. The molecule has 0 spiro atoms. The first kappa shape index (κ1) is 13.8. The van der Waals surface area contributed by atoms with E-state index in [-0.39, 0.29) is 17.4 Å². The van der Waals surface area contributed by atoms with Crippen molar-refractivity contribution in [1.29, 1.82) is 0 Å². The molecule has 4 nitrogen and oxygen atoms in total. The number of ether oxygens (including phenoxy) is 1. The number of carbonyl (C=O) groups is 1. The molecule has 1 atom stereocenters. The highest BCUT2D eigenvalue weighted by molar-refractivity contribution is 5.82. The maximum atomic E-state index is 12.4. The van der Waals surface area contributed by atoms with Crippen LogP contribution in [0.3, 0.4) is 0 Å². The van der Waals surface area contributed by atoms with Gasteiger partial charge in [-0.25, -0.2) is 0 Å². The molecule has 2 fully saturated rings. The van der Waals surface area contributed by atoms with E-state index in [0.717, 1.165) is 52.0 Å². The Balaban J connectivity index is 1.85. The van der Waals surface area contributed by atoms with Gasteiger partial charge in [0.2, 0.25) is 5.91 Å². The highest BCUT2D eigenvalue weighted by Gasteiger charge is 2.36. The van der Waals surface area contributed by atoms with Gasteiger partial charge in [0.1, 0.15) is 0 Å². The summed E-state index contributed by atoms with van der Waals surface area (Å²) in [5, 5.41) is 6.55. The third kappa shape index (κ3) is 3.23. The minimum absolute atomic E-state index is 0.176. The lowest BCUT2D eigenvalue weighted by atomic mass is 9.79. The van der Waals surface area contributed by atoms with Crippen molar-refractivity contribution in [3.63, 3.8) is 0 Å². The normalized spacial score (nSPS) is 26.6. The Hall–Kier alpha value is -0.610. The first-order chi connectivity index (χ1) is 8.62. The summed E-state index contributed by atoms with van der Waals surface area (Å²) in [5.41, 5.74) is -0.176. The summed E-state index contributed by atoms with van der Waals surface area (Å²) >= 11 is 0. The van der Waals surface area contributed by atoms with Crippen molar-refractivity contribution < 1.29 is 9.53 Å². The molecule has 0 radical (unpaired) electrons. The summed E-state index contributed by atoms with van der Waals surface area (Å²) in [6.07, 6.45) is 4.03. The van der Waals surface area contributed by atoms with Crippen LogP contribution in [-0.4, -0.2) is 38.3 Å². The molecule has 104 valence electrons. The molecule has 0 aromatic carbocycles. The smallest absolute Gasteiger partial charge is 0.226 e. The van der Waals surface area contributed by atoms with E-state index < -0.39 is 0 Å². The molecule has 0 aromatic rings. The first-order valence-corrected chi connectivity index (χ1v) is 7.21. The Kier molecular flexibility index (Phi) is 4.62. The Morgan fingerprint density at radius 2 is 1.94 bits per heavy atom. The van der Waals surface area contributed by atoms with Crippen LogP contribution in [0.4, 0.5) is 0 Å². The summed E-state index contributed by atoms with van der Waals surface area (Å²) in [5.74, 6) is 0.816. The molecule has 2 saturated heterocycles. The van der Waals surface area contributed by atoms with Crippen LogP contribution in [0.5, 0.6) is 0 Å². The molecule has 18 heavy (non-hydrogen) atoms. The van der Waals surface area contributed by atoms with Gasteiger partial charge in [0.05, 0.1) is 0 Å². The Labute approximate surface area is 110 Å². The van der Waals surface area contributed by atoms with E-state index in [9.17, 15) is 4.79 Å². The standard InChI is InChI=1S/C14H26N2O2/c1-11(12-3-9-18-10-4-12)16-13(17)14(2)5-7-15-8-6-14/h11-12,15H,3-10H2,1-2H3,(H,16,17). The predicted octanol–water partition coefficient (Wildman–Crippen LogP) is 1.31. The molecule has 1 amide bonds. The van der Waals surface area contributed by atoms with E-state index in [1.165, 1.54) is 0 Å². The van der Waals surface area contributed by atoms with Gasteiger partial charge in [0.15, 0.2) is 0 Å². The molecule has 2 heterocycles. The van der Waals surface area contributed by atoms with Gasteiger partial charge in [-0.05, 0) is 51.6 Å². The fraction of sp³-hybridized carbons (Fsp3) is 0.929. The van der Waals surface area contributed by atoms with Crippen LogP contribution in [0.15, 0.2) is 0 Å². The molecule has 4 heteroatoms. The fourth-order valence-corrected chi connectivity index (χ4v) is 2.92. The number of amides is 1. The van der Waals surface area contributed by atoms with Crippen LogP contribution >= 0.6 is 0 Å². The van der Waals surface area contributed by atoms with Crippen molar-refractivity contribution in [3.8, 4) is 0 Å². The molecule has 0 aliphatic carbocycles. The summed E-state index contributed by atoms with van der Waals surface area (Å²) < 4.78 is 5.37. The Morgan fingerprint density at radius 1 is 1.33 bits per heavy atom. The van der Waals surface area contributed by atoms with E-state index in [4.69, 9.17) is 4.74 Å². The number of hydrogen-bond donors (Lipinski definition) is 2. The van der Waals surface area contributed by atoms with E-state index in [2.05, 4.69) is 24.5 Å². The minimum atomic E-state index is -0.176. The van der Waals surface area contributed by atoms with Gasteiger partial charge in [-0.3, -0.25) is 4.79 Å². The zero-order chi connectivity index (χ0) is 13.0. The predicted molar refractivity (Wildman–Crippen MR) is 71.4 cm³/mol. The van der Waals surface area contributed by atoms with Crippen molar-refractivity contribution in [3.05, 3.63) is 0 Å². The number of carbonyl (C=O) groups excluding carboxylic acids is 1. The molecule has 2 N–H and O–H groups in total. The quantitative estimate of drug-likeness (QED) is 0.798. The summed E-state index contributed by atoms with van der Waals surface area (Å²) in [4.78, 5) is 12.4. The highest BCUT2D eigenvalue weighted by Crippen LogP contribution is 2.29. The minimum Gasteiger partial charge on any atom is -0.381 e. The maximum Gasteiger partial charge on any atom is 0.226 e. The van der Waals surface area contributed by atoms with E-state index in [0.29, 0.717) is 5.92 Å². The second-order valence-electron chi connectivity index (χ2n) is 6.02. The van der Waals surface area contributed by atoms with Crippen LogP contribution in [0.1, 0.15) is 39.5 Å². The molecule has 0 aromatic heterocycles. The van der Waals surface area contributed by atoms with Crippen LogP contribution in [0.2, 0.25) is 0 Å². The van der Waals surface area contributed by atoms with E-state index in [1.807, 2.05) is 0 Å². The monoisotopic (exact) mass is 254 g/mol. The van der Waals surface area contributed by atoms with Crippen molar-refractivity contribution in [2.75, 3.05) is 26.3 Å². The average Bonchev–Trinajstić information content (AvgIpc) is 2.40. The maximum absolute atomic E-state index is 12.4. The summed E-state index contributed by atoms with van der Waals surface area (Å²) in [7, 11) is 0. The zero-order valence-electron chi connectivity index (χ0n) is 11.6. The van der Waals surface area contributed by atoms with Crippen molar-refractivity contribution in [2.45, 2.75) is 45.6 Å². The molecule has 2 rings (SSSR count). The number of nitrogens with one attached hydrogen (secondary N) is 2. The molecule has 2 aliphatic rings. The SMILES string of the molecule is CC(NC(=O)C1(C)CCNCC1)C1CCOCC1. The van der Waals surface area contributed by atoms with Gasteiger partial charge in [0, 0.05) is 24.7 Å². The summed E-state index contributed by atoms with van der Waals surface area (Å²) in [6.45, 7) is 7.82. The lowest BCUT2D eigenvalue weighted by Crippen LogP contribution is -2.50. The van der Waals surface area contributed by atoms with Gasteiger partial charge in [-0.2, -0.15) is 0 Å². The molecule has 2 aliphatic heterocycles. The fourth-order valence-electron chi connectivity index (χ4n) is 2.92.